The van der Waals surface area contributed by atoms with Crippen LogP contribution < -0.4 is 9.64 Å². The predicted molar refractivity (Wildman–Crippen MR) is 123 cm³/mol. The summed E-state index contributed by atoms with van der Waals surface area (Å²) in [6.07, 6.45) is 0.0267. The number of pyridine rings is 1. The molecule has 1 heterocycles. The number of amides is 1. The molecule has 0 aliphatic heterocycles. The number of carbonyl (C=O) groups is 2. The average molecular weight is 465 g/mol. The van der Waals surface area contributed by atoms with Gasteiger partial charge in [-0.05, 0) is 43.2 Å². The lowest BCUT2D eigenvalue weighted by atomic mass is 10.1. The molecule has 0 saturated carbocycles. The number of anilines is 1. The van der Waals surface area contributed by atoms with E-state index in [0.29, 0.717) is 24.5 Å². The molecular formula is C24H23N3O7. The molecule has 2 aromatic carbocycles. The van der Waals surface area contributed by atoms with Gasteiger partial charge < -0.3 is 4.74 Å². The highest BCUT2D eigenvalue weighted by atomic mass is 17.2. The number of ether oxygens (including phenoxy) is 1. The second kappa shape index (κ2) is 11.5. The highest BCUT2D eigenvalue weighted by molar-refractivity contribution is 5.87. The number of hydrogen-bond acceptors (Lipinski definition) is 8. The van der Waals surface area contributed by atoms with E-state index in [1.165, 1.54) is 36.2 Å². The van der Waals surface area contributed by atoms with E-state index >= 15 is 0 Å². The first-order valence-electron chi connectivity index (χ1n) is 10.5. The number of carbonyl (C=O) groups excluding carboxylic acids is 2. The Hall–Kier alpha value is -4.31. The van der Waals surface area contributed by atoms with Crippen LogP contribution in [0.4, 0.5) is 16.3 Å². The van der Waals surface area contributed by atoms with Gasteiger partial charge in [0.25, 0.3) is 5.69 Å². The van der Waals surface area contributed by atoms with Crippen LogP contribution in [-0.2, 0) is 21.0 Å². The molecular weight excluding hydrogens is 442 g/mol. The van der Waals surface area contributed by atoms with Gasteiger partial charge in [0.2, 0.25) is 0 Å². The molecule has 0 radical (unpaired) electrons. The molecule has 176 valence electrons. The van der Waals surface area contributed by atoms with E-state index in [1.807, 2.05) is 30.3 Å². The first-order chi connectivity index (χ1) is 16.4. The predicted octanol–water partition coefficient (Wildman–Crippen LogP) is 4.72. The molecule has 34 heavy (non-hydrogen) atoms. The minimum absolute atomic E-state index is 0.0982. The SMILES string of the molecule is CCOOC(=O)CCc1ccc(-c2cccc(N(C)C(=O)Oc3ccc([N+](=O)[O-])cc3)n2)cc1. The molecule has 10 heteroatoms. The quantitative estimate of drug-likeness (QED) is 0.253. The van der Waals surface area contributed by atoms with Crippen LogP contribution in [-0.4, -0.2) is 35.6 Å². The summed E-state index contributed by atoms with van der Waals surface area (Å²) in [5.41, 5.74) is 2.34. The lowest BCUT2D eigenvalue weighted by Gasteiger charge is -2.16. The number of benzene rings is 2. The van der Waals surface area contributed by atoms with Crippen molar-refractivity contribution in [3.05, 3.63) is 82.4 Å². The van der Waals surface area contributed by atoms with Crippen molar-refractivity contribution >= 4 is 23.6 Å². The Balaban J connectivity index is 1.63. The molecule has 0 N–H and O–H groups in total. The second-order valence-electron chi connectivity index (χ2n) is 7.12. The monoisotopic (exact) mass is 465 g/mol. The van der Waals surface area contributed by atoms with Gasteiger partial charge in [-0.2, -0.15) is 4.89 Å². The van der Waals surface area contributed by atoms with Gasteiger partial charge in [-0.3, -0.25) is 19.9 Å². The van der Waals surface area contributed by atoms with Gasteiger partial charge in [0.1, 0.15) is 11.6 Å². The number of nitro benzene ring substituents is 1. The van der Waals surface area contributed by atoms with E-state index in [2.05, 4.69) is 14.8 Å². The lowest BCUT2D eigenvalue weighted by molar-refractivity contribution is -0.384. The van der Waals surface area contributed by atoms with Crippen LogP contribution >= 0.6 is 0 Å². The topological polar surface area (TPSA) is 121 Å². The van der Waals surface area contributed by atoms with Crippen LogP contribution in [0.5, 0.6) is 5.75 Å². The molecule has 0 aliphatic carbocycles. The Labute approximate surface area is 195 Å². The molecule has 3 aromatic rings. The highest BCUT2D eigenvalue weighted by Crippen LogP contribution is 2.23. The van der Waals surface area contributed by atoms with Crippen LogP contribution in [0.15, 0.2) is 66.7 Å². The normalized spacial score (nSPS) is 10.4. The maximum atomic E-state index is 12.5. The summed E-state index contributed by atoms with van der Waals surface area (Å²) < 4.78 is 5.28. The van der Waals surface area contributed by atoms with E-state index in [1.54, 1.807) is 19.1 Å². The summed E-state index contributed by atoms with van der Waals surface area (Å²) in [5.74, 6) is 0.121. The fraction of sp³-hybridized carbons (Fsp3) is 0.208. The molecule has 10 nitrogen and oxygen atoms in total. The van der Waals surface area contributed by atoms with Gasteiger partial charge in [0.05, 0.1) is 23.6 Å². The molecule has 0 spiro atoms. The summed E-state index contributed by atoms with van der Waals surface area (Å²) in [6.45, 7) is 2.03. The number of non-ortho nitro benzene ring substituents is 1. The summed E-state index contributed by atoms with van der Waals surface area (Å²) >= 11 is 0. The van der Waals surface area contributed by atoms with E-state index in [-0.39, 0.29) is 17.9 Å². The zero-order valence-electron chi connectivity index (χ0n) is 18.7. The average Bonchev–Trinajstić information content (AvgIpc) is 2.86. The van der Waals surface area contributed by atoms with Crippen LogP contribution in [0.1, 0.15) is 18.9 Å². The summed E-state index contributed by atoms with van der Waals surface area (Å²) in [6, 6.07) is 18.0. The molecule has 1 aromatic heterocycles. The molecule has 3 rings (SSSR count). The van der Waals surface area contributed by atoms with Crippen LogP contribution in [0.25, 0.3) is 11.3 Å². The van der Waals surface area contributed by atoms with Crippen molar-refractivity contribution in [1.82, 2.24) is 4.98 Å². The third-order valence-corrected chi connectivity index (χ3v) is 4.74. The third kappa shape index (κ3) is 6.59. The maximum absolute atomic E-state index is 12.5. The fourth-order valence-electron chi connectivity index (χ4n) is 2.92. The Morgan fingerprint density at radius 2 is 1.74 bits per heavy atom. The van der Waals surface area contributed by atoms with Crippen molar-refractivity contribution in [2.75, 3.05) is 18.6 Å². The molecule has 0 saturated heterocycles. The minimum Gasteiger partial charge on any atom is -0.410 e. The molecule has 0 aliphatic rings. The molecule has 0 fully saturated rings. The van der Waals surface area contributed by atoms with Crippen LogP contribution in [0.3, 0.4) is 0 Å². The van der Waals surface area contributed by atoms with Gasteiger partial charge in [-0.1, -0.05) is 30.3 Å². The first kappa shape index (κ1) is 24.3. The standard InChI is InChI=1S/C24H23N3O7/c1-3-32-34-23(28)16-9-17-7-10-18(11-8-17)21-5-4-6-22(25-21)26(2)24(29)33-20-14-12-19(13-15-20)27(30)31/h4-8,10-15H,3,9,16H2,1-2H3. The number of nitro groups is 1. The number of aromatic nitrogens is 1. The highest BCUT2D eigenvalue weighted by Gasteiger charge is 2.16. The van der Waals surface area contributed by atoms with Crippen molar-refractivity contribution in [1.29, 1.82) is 0 Å². The maximum Gasteiger partial charge on any atom is 0.420 e. The van der Waals surface area contributed by atoms with E-state index in [9.17, 15) is 19.7 Å². The van der Waals surface area contributed by atoms with Gasteiger partial charge in [0, 0.05) is 24.7 Å². The van der Waals surface area contributed by atoms with Crippen molar-refractivity contribution in [3.8, 4) is 17.0 Å². The summed E-state index contributed by atoms with van der Waals surface area (Å²) in [7, 11) is 1.52. The fourth-order valence-corrected chi connectivity index (χ4v) is 2.92. The van der Waals surface area contributed by atoms with Gasteiger partial charge in [0.15, 0.2) is 0 Å². The number of rotatable bonds is 9. The summed E-state index contributed by atoms with van der Waals surface area (Å²) in [5, 5.41) is 10.7. The second-order valence-corrected chi connectivity index (χ2v) is 7.12. The van der Waals surface area contributed by atoms with E-state index in [4.69, 9.17) is 4.74 Å². The Morgan fingerprint density at radius 3 is 2.38 bits per heavy atom. The Kier molecular flexibility index (Phi) is 8.25. The van der Waals surface area contributed by atoms with Crippen molar-refractivity contribution in [3.63, 3.8) is 0 Å². The van der Waals surface area contributed by atoms with Crippen molar-refractivity contribution in [2.24, 2.45) is 0 Å². The van der Waals surface area contributed by atoms with E-state index in [0.717, 1.165) is 11.1 Å². The van der Waals surface area contributed by atoms with Crippen molar-refractivity contribution in [2.45, 2.75) is 19.8 Å². The molecule has 1 amide bonds. The van der Waals surface area contributed by atoms with Gasteiger partial charge >= 0.3 is 12.1 Å². The van der Waals surface area contributed by atoms with Crippen LogP contribution in [0, 0.1) is 10.1 Å². The molecule has 0 bridgehead atoms. The largest absolute Gasteiger partial charge is 0.420 e. The van der Waals surface area contributed by atoms with Gasteiger partial charge in [-0.25, -0.2) is 14.6 Å². The third-order valence-electron chi connectivity index (χ3n) is 4.74. The van der Waals surface area contributed by atoms with Crippen LogP contribution in [0.2, 0.25) is 0 Å². The Morgan fingerprint density at radius 1 is 1.03 bits per heavy atom. The number of nitrogens with zero attached hydrogens (tertiary/aromatic N) is 3. The van der Waals surface area contributed by atoms with Gasteiger partial charge in [-0.15, -0.1) is 0 Å². The summed E-state index contributed by atoms with van der Waals surface area (Å²) in [4.78, 5) is 49.3. The zero-order chi connectivity index (χ0) is 24.5. The molecule has 0 atom stereocenters. The minimum atomic E-state index is -0.687. The Bertz CT molecular complexity index is 1150. The number of aryl methyl sites for hydroxylation is 1. The smallest absolute Gasteiger partial charge is 0.410 e. The number of hydrogen-bond donors (Lipinski definition) is 0. The van der Waals surface area contributed by atoms with Crippen molar-refractivity contribution < 1.29 is 29.0 Å². The zero-order valence-corrected chi connectivity index (χ0v) is 18.7. The first-order valence-corrected chi connectivity index (χ1v) is 10.5. The van der Waals surface area contributed by atoms with E-state index < -0.39 is 17.0 Å². The molecule has 0 unspecified atom stereocenters. The lowest BCUT2D eigenvalue weighted by Crippen LogP contribution is -2.30.